The van der Waals surface area contributed by atoms with Crippen LogP contribution in [0.2, 0.25) is 0 Å². The lowest BCUT2D eigenvalue weighted by molar-refractivity contribution is -0.115. The minimum atomic E-state index is -0.690. The number of amides is 2. The molecule has 0 aliphatic heterocycles. The van der Waals surface area contributed by atoms with Gasteiger partial charge in [0.1, 0.15) is 0 Å². The highest BCUT2D eigenvalue weighted by Crippen LogP contribution is 2.16. The van der Waals surface area contributed by atoms with Crippen LogP contribution in [0.15, 0.2) is 30.6 Å². The Labute approximate surface area is 138 Å². The molecule has 0 radical (unpaired) electrons. The molecule has 0 unspecified atom stereocenters. The second-order valence-corrected chi connectivity index (χ2v) is 5.02. The number of ether oxygens (including phenoxy) is 1. The zero-order valence-corrected chi connectivity index (χ0v) is 13.4. The second kappa shape index (κ2) is 7.40. The molecule has 0 aliphatic carbocycles. The Morgan fingerprint density at radius 3 is 2.46 bits per heavy atom. The van der Waals surface area contributed by atoms with Gasteiger partial charge >= 0.3 is 5.97 Å². The van der Waals surface area contributed by atoms with Crippen molar-refractivity contribution < 1.29 is 19.1 Å². The summed E-state index contributed by atoms with van der Waals surface area (Å²) in [6.45, 7) is 2.01. The third-order valence-corrected chi connectivity index (χ3v) is 3.38. The van der Waals surface area contributed by atoms with E-state index in [9.17, 15) is 14.4 Å². The van der Waals surface area contributed by atoms with Gasteiger partial charge in [-0.15, -0.1) is 0 Å². The summed E-state index contributed by atoms with van der Waals surface area (Å²) in [6, 6.07) is 6.73. The normalized spacial score (nSPS) is 10.2. The number of anilines is 1. The maximum Gasteiger partial charge on any atom is 0.337 e. The van der Waals surface area contributed by atoms with Crippen molar-refractivity contribution in [3.8, 4) is 0 Å². The standard InChI is InChI=1S/C16H18N4O4/c1-3-12(21)19-15-13(14(17)22)20(9-18-15)8-10-4-6-11(7-5-10)16(23)24-2/h4-7,9H,3,8H2,1-2H3,(H2,17,22)(H,19,21). The summed E-state index contributed by atoms with van der Waals surface area (Å²) in [4.78, 5) is 38.7. The zero-order valence-electron chi connectivity index (χ0n) is 13.4. The molecule has 0 spiro atoms. The van der Waals surface area contributed by atoms with Gasteiger partial charge < -0.3 is 20.4 Å². The fraction of sp³-hybridized carbons (Fsp3) is 0.250. The number of esters is 1. The maximum atomic E-state index is 11.7. The molecule has 3 N–H and O–H groups in total. The molecule has 0 atom stereocenters. The van der Waals surface area contributed by atoms with E-state index in [1.54, 1.807) is 35.8 Å². The average molecular weight is 330 g/mol. The SMILES string of the molecule is CCC(=O)Nc1ncn(Cc2ccc(C(=O)OC)cc2)c1C(N)=O. The Morgan fingerprint density at radius 2 is 1.92 bits per heavy atom. The molecule has 0 fully saturated rings. The molecule has 24 heavy (non-hydrogen) atoms. The van der Waals surface area contributed by atoms with Gasteiger partial charge in [-0.2, -0.15) is 0 Å². The summed E-state index contributed by atoms with van der Waals surface area (Å²) in [7, 11) is 1.31. The van der Waals surface area contributed by atoms with Crippen LogP contribution in [0.1, 0.15) is 39.8 Å². The number of benzene rings is 1. The molecule has 0 aliphatic rings. The van der Waals surface area contributed by atoms with Crippen molar-refractivity contribution in [2.24, 2.45) is 5.73 Å². The van der Waals surface area contributed by atoms with Crippen LogP contribution in [0.3, 0.4) is 0 Å². The number of hydrogen-bond donors (Lipinski definition) is 2. The van der Waals surface area contributed by atoms with Gasteiger partial charge in [0.25, 0.3) is 5.91 Å². The van der Waals surface area contributed by atoms with Crippen molar-refractivity contribution in [2.75, 3.05) is 12.4 Å². The number of primary amides is 1. The van der Waals surface area contributed by atoms with Crippen molar-refractivity contribution in [2.45, 2.75) is 19.9 Å². The fourth-order valence-electron chi connectivity index (χ4n) is 2.13. The molecule has 1 heterocycles. The van der Waals surface area contributed by atoms with E-state index in [0.717, 1.165) is 5.56 Å². The number of nitrogens with zero attached hydrogens (tertiary/aromatic N) is 2. The number of carbonyl (C=O) groups excluding carboxylic acids is 3. The van der Waals surface area contributed by atoms with Crippen LogP contribution in [0.4, 0.5) is 5.82 Å². The third kappa shape index (κ3) is 3.78. The predicted molar refractivity (Wildman–Crippen MR) is 86.5 cm³/mol. The Bertz CT molecular complexity index is 765. The smallest absolute Gasteiger partial charge is 0.337 e. The Morgan fingerprint density at radius 1 is 1.25 bits per heavy atom. The minimum Gasteiger partial charge on any atom is -0.465 e. The lowest BCUT2D eigenvalue weighted by atomic mass is 10.1. The highest BCUT2D eigenvalue weighted by molar-refractivity contribution is 6.00. The topological polar surface area (TPSA) is 116 Å². The minimum absolute atomic E-state index is 0.119. The Balaban J connectivity index is 2.24. The van der Waals surface area contributed by atoms with Crippen LogP contribution < -0.4 is 11.1 Å². The van der Waals surface area contributed by atoms with Crippen molar-refractivity contribution in [1.82, 2.24) is 9.55 Å². The zero-order chi connectivity index (χ0) is 17.7. The van der Waals surface area contributed by atoms with Gasteiger partial charge in [0.15, 0.2) is 11.5 Å². The maximum absolute atomic E-state index is 11.7. The summed E-state index contributed by atoms with van der Waals surface area (Å²) in [5.74, 6) is -1.23. The van der Waals surface area contributed by atoms with E-state index in [1.165, 1.54) is 13.4 Å². The van der Waals surface area contributed by atoms with Crippen LogP contribution in [-0.4, -0.2) is 34.4 Å². The average Bonchev–Trinajstić information content (AvgIpc) is 2.97. The summed E-state index contributed by atoms with van der Waals surface area (Å²) in [5, 5.41) is 2.55. The van der Waals surface area contributed by atoms with Gasteiger partial charge in [-0.25, -0.2) is 9.78 Å². The second-order valence-electron chi connectivity index (χ2n) is 5.02. The first-order valence-electron chi connectivity index (χ1n) is 7.28. The summed E-state index contributed by atoms with van der Waals surface area (Å²) < 4.78 is 6.18. The van der Waals surface area contributed by atoms with Crippen LogP contribution in [0.5, 0.6) is 0 Å². The summed E-state index contributed by atoms with van der Waals surface area (Å²) >= 11 is 0. The van der Waals surface area contributed by atoms with Crippen LogP contribution in [0.25, 0.3) is 0 Å². The molecule has 2 aromatic rings. The van der Waals surface area contributed by atoms with Crippen molar-refractivity contribution in [1.29, 1.82) is 0 Å². The monoisotopic (exact) mass is 330 g/mol. The first-order valence-corrected chi connectivity index (χ1v) is 7.28. The molecule has 8 nitrogen and oxygen atoms in total. The molecule has 126 valence electrons. The van der Waals surface area contributed by atoms with Gasteiger partial charge in [0.05, 0.1) is 19.0 Å². The Kier molecular flexibility index (Phi) is 5.31. The van der Waals surface area contributed by atoms with Crippen LogP contribution in [-0.2, 0) is 16.1 Å². The van der Waals surface area contributed by atoms with E-state index >= 15 is 0 Å². The number of methoxy groups -OCH3 is 1. The number of aromatic nitrogens is 2. The molecule has 2 rings (SSSR count). The summed E-state index contributed by atoms with van der Waals surface area (Å²) in [5.41, 5.74) is 6.78. The quantitative estimate of drug-likeness (QED) is 0.771. The predicted octanol–water partition coefficient (Wildman–Crippen LogP) is 1.17. The van der Waals surface area contributed by atoms with E-state index in [2.05, 4.69) is 15.0 Å². The van der Waals surface area contributed by atoms with E-state index in [1.807, 2.05) is 0 Å². The van der Waals surface area contributed by atoms with E-state index < -0.39 is 11.9 Å². The van der Waals surface area contributed by atoms with Gasteiger partial charge in [0.2, 0.25) is 5.91 Å². The Hall–Kier alpha value is -3.16. The molecule has 0 saturated heterocycles. The molecular weight excluding hydrogens is 312 g/mol. The molecule has 1 aromatic heterocycles. The first kappa shape index (κ1) is 17.2. The molecule has 1 aromatic carbocycles. The number of hydrogen-bond acceptors (Lipinski definition) is 5. The highest BCUT2D eigenvalue weighted by Gasteiger charge is 2.18. The number of carbonyl (C=O) groups is 3. The number of nitrogens with one attached hydrogen (secondary N) is 1. The lowest BCUT2D eigenvalue weighted by Gasteiger charge is -2.08. The van der Waals surface area contributed by atoms with Crippen molar-refractivity contribution in [3.63, 3.8) is 0 Å². The molecular formula is C16H18N4O4. The van der Waals surface area contributed by atoms with E-state index in [4.69, 9.17) is 5.73 Å². The number of imidazole rings is 1. The van der Waals surface area contributed by atoms with Gasteiger partial charge in [0, 0.05) is 13.0 Å². The third-order valence-electron chi connectivity index (χ3n) is 3.38. The van der Waals surface area contributed by atoms with Gasteiger partial charge in [-0.1, -0.05) is 19.1 Å². The molecule has 0 bridgehead atoms. The van der Waals surface area contributed by atoms with Crippen molar-refractivity contribution >= 4 is 23.6 Å². The number of nitrogens with two attached hydrogens (primary N) is 1. The lowest BCUT2D eigenvalue weighted by Crippen LogP contribution is -2.21. The first-order chi connectivity index (χ1) is 11.5. The van der Waals surface area contributed by atoms with Gasteiger partial charge in [-0.05, 0) is 17.7 Å². The summed E-state index contributed by atoms with van der Waals surface area (Å²) in [6.07, 6.45) is 1.69. The molecule has 0 saturated carbocycles. The van der Waals surface area contributed by atoms with E-state index in [0.29, 0.717) is 12.1 Å². The van der Waals surface area contributed by atoms with Gasteiger partial charge in [-0.3, -0.25) is 9.59 Å². The highest BCUT2D eigenvalue weighted by atomic mass is 16.5. The fourth-order valence-corrected chi connectivity index (χ4v) is 2.13. The molecule has 2 amide bonds. The molecule has 8 heteroatoms. The largest absolute Gasteiger partial charge is 0.465 e. The van der Waals surface area contributed by atoms with Crippen molar-refractivity contribution in [3.05, 3.63) is 47.4 Å². The van der Waals surface area contributed by atoms with Crippen LogP contribution in [0, 0.1) is 0 Å². The van der Waals surface area contributed by atoms with Crippen LogP contribution >= 0.6 is 0 Å². The number of rotatable bonds is 6. The van der Waals surface area contributed by atoms with E-state index in [-0.39, 0.29) is 23.8 Å².